The Balaban J connectivity index is 1.85. The van der Waals surface area contributed by atoms with Crippen molar-refractivity contribution in [3.8, 4) is 17.2 Å². The molecular formula is C27H28F2N2O5. The minimum absolute atomic E-state index is 0.0166. The zero-order valence-corrected chi connectivity index (χ0v) is 20.6. The van der Waals surface area contributed by atoms with Gasteiger partial charge in [-0.25, -0.2) is 8.78 Å². The van der Waals surface area contributed by atoms with Crippen molar-refractivity contribution in [3.63, 3.8) is 0 Å². The third-order valence-electron chi connectivity index (χ3n) is 4.82. The summed E-state index contributed by atoms with van der Waals surface area (Å²) < 4.78 is 45.0. The van der Waals surface area contributed by atoms with Crippen LogP contribution in [0.4, 0.5) is 20.2 Å². The fourth-order valence-electron chi connectivity index (χ4n) is 3.30. The van der Waals surface area contributed by atoms with E-state index in [-0.39, 0.29) is 40.5 Å². The van der Waals surface area contributed by atoms with Crippen LogP contribution in [0.3, 0.4) is 0 Å². The van der Waals surface area contributed by atoms with Gasteiger partial charge in [0.2, 0.25) is 0 Å². The predicted molar refractivity (Wildman–Crippen MR) is 133 cm³/mol. The van der Waals surface area contributed by atoms with E-state index in [0.717, 1.165) is 0 Å². The van der Waals surface area contributed by atoms with E-state index in [1.807, 2.05) is 27.7 Å². The molecule has 0 aliphatic rings. The smallest absolute Gasteiger partial charge is 0.259 e. The molecule has 0 saturated carbocycles. The van der Waals surface area contributed by atoms with Crippen LogP contribution in [0.1, 0.15) is 48.4 Å². The quantitative estimate of drug-likeness (QED) is 0.375. The molecule has 7 nitrogen and oxygen atoms in total. The Morgan fingerprint density at radius 3 is 1.69 bits per heavy atom. The minimum Gasteiger partial charge on any atom is -0.496 e. The molecular weight excluding hydrogens is 470 g/mol. The van der Waals surface area contributed by atoms with Crippen molar-refractivity contribution in [2.45, 2.75) is 39.9 Å². The number of carbonyl (C=O) groups is 2. The van der Waals surface area contributed by atoms with Gasteiger partial charge in [-0.15, -0.1) is 0 Å². The Morgan fingerprint density at radius 1 is 0.722 bits per heavy atom. The topological polar surface area (TPSA) is 85.9 Å². The Hall–Kier alpha value is -4.14. The molecule has 0 aliphatic carbocycles. The molecule has 9 heteroatoms. The normalized spacial score (nSPS) is 10.8. The monoisotopic (exact) mass is 498 g/mol. The Bertz CT molecular complexity index is 1260. The molecule has 2 amide bonds. The summed E-state index contributed by atoms with van der Waals surface area (Å²) in [6.45, 7) is 7.29. The summed E-state index contributed by atoms with van der Waals surface area (Å²) in [5.74, 6) is -1.74. The number of amides is 2. The molecule has 3 aromatic rings. The van der Waals surface area contributed by atoms with E-state index in [9.17, 15) is 18.4 Å². The first kappa shape index (κ1) is 26.5. The Kier molecular flexibility index (Phi) is 8.47. The van der Waals surface area contributed by atoms with Gasteiger partial charge in [-0.2, -0.15) is 0 Å². The lowest BCUT2D eigenvalue weighted by Crippen LogP contribution is -2.18. The number of halogens is 2. The van der Waals surface area contributed by atoms with Crippen LogP contribution in [0.15, 0.2) is 54.6 Å². The maximum absolute atomic E-state index is 14.4. The molecule has 0 aliphatic heterocycles. The van der Waals surface area contributed by atoms with Crippen molar-refractivity contribution in [2.24, 2.45) is 0 Å². The summed E-state index contributed by atoms with van der Waals surface area (Å²) in [4.78, 5) is 25.9. The molecule has 0 unspecified atom stereocenters. The first-order valence-corrected chi connectivity index (χ1v) is 11.3. The number of benzene rings is 3. The molecule has 190 valence electrons. The number of nitrogens with one attached hydrogen (secondary N) is 2. The first-order chi connectivity index (χ1) is 17.1. The molecule has 0 atom stereocenters. The molecule has 36 heavy (non-hydrogen) atoms. The second-order valence-corrected chi connectivity index (χ2v) is 8.44. The van der Waals surface area contributed by atoms with Gasteiger partial charge in [0, 0.05) is 17.7 Å². The number of carbonyl (C=O) groups excluding carboxylic acids is 2. The van der Waals surface area contributed by atoms with Crippen LogP contribution in [0, 0.1) is 11.6 Å². The number of ether oxygens (including phenoxy) is 3. The van der Waals surface area contributed by atoms with Gasteiger partial charge < -0.3 is 24.8 Å². The van der Waals surface area contributed by atoms with E-state index in [4.69, 9.17) is 14.2 Å². The van der Waals surface area contributed by atoms with E-state index in [1.54, 1.807) is 0 Å². The van der Waals surface area contributed by atoms with Gasteiger partial charge >= 0.3 is 0 Å². The lowest BCUT2D eigenvalue weighted by Gasteiger charge is -2.14. The number of anilines is 2. The van der Waals surface area contributed by atoms with Gasteiger partial charge in [-0.05, 0) is 70.2 Å². The van der Waals surface area contributed by atoms with Crippen LogP contribution in [0.25, 0.3) is 0 Å². The average Bonchev–Trinajstić information content (AvgIpc) is 2.82. The SMILES string of the molecule is COc1ccc(C(=O)Nc2cc(OC(C)C)ccc2F)cc1C(=O)Nc1cc(OC(C)C)ccc1F. The van der Waals surface area contributed by atoms with Crippen molar-refractivity contribution in [1.29, 1.82) is 0 Å². The van der Waals surface area contributed by atoms with Crippen molar-refractivity contribution >= 4 is 23.2 Å². The lowest BCUT2D eigenvalue weighted by molar-refractivity contribution is 0.102. The van der Waals surface area contributed by atoms with Crippen LogP contribution in [0.5, 0.6) is 17.2 Å². The van der Waals surface area contributed by atoms with Gasteiger partial charge in [-0.1, -0.05) is 0 Å². The van der Waals surface area contributed by atoms with Crippen molar-refractivity contribution in [2.75, 3.05) is 17.7 Å². The lowest BCUT2D eigenvalue weighted by atomic mass is 10.1. The highest BCUT2D eigenvalue weighted by molar-refractivity contribution is 6.10. The number of methoxy groups -OCH3 is 1. The van der Waals surface area contributed by atoms with Crippen molar-refractivity contribution in [3.05, 3.63) is 77.4 Å². The highest BCUT2D eigenvalue weighted by Gasteiger charge is 2.19. The van der Waals surface area contributed by atoms with Crippen LogP contribution < -0.4 is 24.8 Å². The molecule has 0 bridgehead atoms. The summed E-state index contributed by atoms with van der Waals surface area (Å²) in [5, 5.41) is 4.97. The maximum atomic E-state index is 14.4. The molecule has 0 saturated heterocycles. The number of rotatable bonds is 9. The van der Waals surface area contributed by atoms with Crippen LogP contribution in [-0.2, 0) is 0 Å². The van der Waals surface area contributed by atoms with Gasteiger partial charge in [0.25, 0.3) is 11.8 Å². The third kappa shape index (κ3) is 6.71. The van der Waals surface area contributed by atoms with E-state index in [1.165, 1.54) is 61.7 Å². The summed E-state index contributed by atoms with van der Waals surface area (Å²) in [6, 6.07) is 12.2. The average molecular weight is 499 g/mol. The summed E-state index contributed by atoms with van der Waals surface area (Å²) in [5.41, 5.74) is -0.131. The highest BCUT2D eigenvalue weighted by atomic mass is 19.1. The van der Waals surface area contributed by atoms with E-state index in [2.05, 4.69) is 10.6 Å². The first-order valence-electron chi connectivity index (χ1n) is 11.3. The van der Waals surface area contributed by atoms with Gasteiger partial charge in [0.15, 0.2) is 0 Å². The van der Waals surface area contributed by atoms with Crippen molar-refractivity contribution in [1.82, 2.24) is 0 Å². The van der Waals surface area contributed by atoms with Gasteiger partial charge in [0.05, 0.1) is 36.3 Å². The molecule has 0 heterocycles. The van der Waals surface area contributed by atoms with Gasteiger partial charge in [0.1, 0.15) is 28.9 Å². The molecule has 3 rings (SSSR count). The van der Waals surface area contributed by atoms with E-state index >= 15 is 0 Å². The highest BCUT2D eigenvalue weighted by Crippen LogP contribution is 2.27. The molecule has 0 radical (unpaired) electrons. The fourth-order valence-corrected chi connectivity index (χ4v) is 3.30. The summed E-state index contributed by atoms with van der Waals surface area (Å²) in [7, 11) is 1.36. The fraction of sp³-hybridized carbons (Fsp3) is 0.259. The largest absolute Gasteiger partial charge is 0.496 e. The zero-order valence-electron chi connectivity index (χ0n) is 20.6. The summed E-state index contributed by atoms with van der Waals surface area (Å²) >= 11 is 0. The molecule has 0 spiro atoms. The molecule has 3 aromatic carbocycles. The predicted octanol–water partition coefficient (Wildman–Crippen LogP) is 6.05. The summed E-state index contributed by atoms with van der Waals surface area (Å²) in [6.07, 6.45) is -0.277. The number of hydrogen-bond acceptors (Lipinski definition) is 5. The number of hydrogen-bond donors (Lipinski definition) is 2. The second-order valence-electron chi connectivity index (χ2n) is 8.44. The molecule has 0 aromatic heterocycles. The molecule has 0 fully saturated rings. The van der Waals surface area contributed by atoms with E-state index < -0.39 is 23.4 Å². The molecule has 2 N–H and O–H groups in total. The zero-order chi connectivity index (χ0) is 26.4. The van der Waals surface area contributed by atoms with Crippen LogP contribution >= 0.6 is 0 Å². The van der Waals surface area contributed by atoms with Crippen molar-refractivity contribution < 1.29 is 32.6 Å². The van der Waals surface area contributed by atoms with Gasteiger partial charge in [-0.3, -0.25) is 9.59 Å². The third-order valence-corrected chi connectivity index (χ3v) is 4.82. The van der Waals surface area contributed by atoms with Crippen LogP contribution in [0.2, 0.25) is 0 Å². The maximum Gasteiger partial charge on any atom is 0.259 e. The van der Waals surface area contributed by atoms with E-state index in [0.29, 0.717) is 11.5 Å². The second kappa shape index (κ2) is 11.5. The standard InChI is InChI=1S/C27H28F2N2O5/c1-15(2)35-18-7-9-21(28)23(13-18)30-26(32)17-6-11-25(34-5)20(12-17)27(33)31-24-14-19(36-16(3)4)8-10-22(24)29/h6-16H,1-5H3,(H,30,32)(H,31,33). The Labute approximate surface area is 208 Å². The minimum atomic E-state index is -0.708. The van der Waals surface area contributed by atoms with Crippen LogP contribution in [-0.4, -0.2) is 31.1 Å². The Morgan fingerprint density at radius 2 is 1.22 bits per heavy atom.